The summed E-state index contributed by atoms with van der Waals surface area (Å²) < 4.78 is 45.2. The quantitative estimate of drug-likeness (QED) is 0.135. The van der Waals surface area contributed by atoms with Crippen molar-refractivity contribution in [2.75, 3.05) is 45.4 Å². The van der Waals surface area contributed by atoms with Gasteiger partial charge in [0.2, 0.25) is 0 Å². The fourth-order valence-electron chi connectivity index (χ4n) is 4.03. The van der Waals surface area contributed by atoms with Crippen molar-refractivity contribution < 1.29 is 37.5 Å². The van der Waals surface area contributed by atoms with Gasteiger partial charge >= 0.3 is 12.1 Å². The number of esters is 1. The van der Waals surface area contributed by atoms with Crippen LogP contribution in [0.2, 0.25) is 0 Å². The SMILES string of the molecule is CCOC(=O)c1c(N(Cc2c(F)cccc2F)C(=O)OCC)sc(-c2ccc([N+](=O)[O-])cc2)c1CN(C)CCOC. The summed E-state index contributed by atoms with van der Waals surface area (Å²) in [4.78, 5) is 40.9. The highest BCUT2D eigenvalue weighted by molar-refractivity contribution is 7.20. The minimum Gasteiger partial charge on any atom is -0.462 e. The number of hydrogen-bond acceptors (Lipinski definition) is 9. The lowest BCUT2D eigenvalue weighted by atomic mass is 10.0. The number of halogens is 2. The molecule has 10 nitrogen and oxygen atoms in total. The molecule has 1 heterocycles. The van der Waals surface area contributed by atoms with E-state index in [1.807, 2.05) is 11.9 Å². The van der Waals surface area contributed by atoms with Gasteiger partial charge in [-0.15, -0.1) is 11.3 Å². The zero-order valence-electron chi connectivity index (χ0n) is 23.1. The third-order valence-electron chi connectivity index (χ3n) is 6.02. The van der Waals surface area contributed by atoms with E-state index in [1.165, 1.54) is 30.3 Å². The molecule has 0 saturated heterocycles. The number of thiophene rings is 1. The van der Waals surface area contributed by atoms with Crippen molar-refractivity contribution in [2.45, 2.75) is 26.9 Å². The standard InChI is InChI=1S/C28H31F2N3O7S/c1-5-39-27(34)24-21(16-31(3)14-15-38-4)25(18-10-12-19(13-11-18)33(36)37)41-26(24)32(28(35)40-6-2)17-20-22(29)8-7-9-23(20)30/h7-13H,5-6,14-17H2,1-4H3. The number of anilines is 1. The molecule has 0 radical (unpaired) electrons. The Kier molecular flexibility index (Phi) is 11.3. The first kappa shape index (κ1) is 31.6. The molecule has 0 aliphatic rings. The molecule has 1 aromatic heterocycles. The van der Waals surface area contributed by atoms with Gasteiger partial charge in [-0.2, -0.15) is 0 Å². The highest BCUT2D eigenvalue weighted by Gasteiger charge is 2.33. The van der Waals surface area contributed by atoms with Crippen LogP contribution >= 0.6 is 11.3 Å². The summed E-state index contributed by atoms with van der Waals surface area (Å²) in [7, 11) is 3.37. The molecule has 0 aliphatic carbocycles. The number of nitrogens with zero attached hydrogens (tertiary/aromatic N) is 3. The average Bonchev–Trinajstić information content (AvgIpc) is 3.30. The Morgan fingerprint density at radius 2 is 1.61 bits per heavy atom. The van der Waals surface area contributed by atoms with E-state index in [0.717, 1.165) is 28.4 Å². The monoisotopic (exact) mass is 591 g/mol. The fourth-order valence-corrected chi connectivity index (χ4v) is 5.33. The molecule has 0 unspecified atom stereocenters. The van der Waals surface area contributed by atoms with Gasteiger partial charge in [0.15, 0.2) is 0 Å². The van der Waals surface area contributed by atoms with Crippen molar-refractivity contribution in [1.29, 1.82) is 0 Å². The minimum absolute atomic E-state index is 0.0271. The molecule has 0 aliphatic heterocycles. The summed E-state index contributed by atoms with van der Waals surface area (Å²) in [5.41, 5.74) is 0.518. The molecule has 41 heavy (non-hydrogen) atoms. The predicted molar refractivity (Wildman–Crippen MR) is 150 cm³/mol. The lowest BCUT2D eigenvalue weighted by Crippen LogP contribution is -2.33. The second-order valence-electron chi connectivity index (χ2n) is 8.83. The third kappa shape index (κ3) is 7.63. The highest BCUT2D eigenvalue weighted by Crippen LogP contribution is 2.44. The molecule has 220 valence electrons. The number of non-ortho nitro benzene ring substituents is 1. The van der Waals surface area contributed by atoms with Crippen molar-refractivity contribution >= 4 is 34.1 Å². The first-order valence-electron chi connectivity index (χ1n) is 12.7. The maximum Gasteiger partial charge on any atom is 0.415 e. The van der Waals surface area contributed by atoms with Gasteiger partial charge in [-0.25, -0.2) is 18.4 Å². The van der Waals surface area contributed by atoms with Crippen LogP contribution < -0.4 is 4.90 Å². The van der Waals surface area contributed by atoms with Crippen LogP contribution in [-0.4, -0.2) is 62.4 Å². The maximum absolute atomic E-state index is 14.7. The molecule has 3 aromatic rings. The van der Waals surface area contributed by atoms with Crippen molar-refractivity contribution in [3.8, 4) is 10.4 Å². The zero-order valence-corrected chi connectivity index (χ0v) is 24.0. The molecule has 0 saturated carbocycles. The number of carbonyl (C=O) groups excluding carboxylic acids is 2. The van der Waals surface area contributed by atoms with Gasteiger partial charge in [-0.1, -0.05) is 6.07 Å². The highest BCUT2D eigenvalue weighted by atomic mass is 32.1. The van der Waals surface area contributed by atoms with E-state index in [2.05, 4.69) is 0 Å². The summed E-state index contributed by atoms with van der Waals surface area (Å²) >= 11 is 1.02. The van der Waals surface area contributed by atoms with Gasteiger partial charge in [-0.3, -0.25) is 19.9 Å². The Morgan fingerprint density at radius 1 is 0.976 bits per heavy atom. The van der Waals surface area contributed by atoms with Gasteiger partial charge in [0.25, 0.3) is 5.69 Å². The van der Waals surface area contributed by atoms with Crippen molar-refractivity contribution in [2.24, 2.45) is 0 Å². The number of methoxy groups -OCH3 is 1. The van der Waals surface area contributed by atoms with Crippen molar-refractivity contribution in [1.82, 2.24) is 4.90 Å². The fraction of sp³-hybridized carbons (Fsp3) is 0.357. The van der Waals surface area contributed by atoms with Gasteiger partial charge in [0.05, 0.1) is 36.9 Å². The van der Waals surface area contributed by atoms with E-state index in [9.17, 15) is 28.5 Å². The van der Waals surface area contributed by atoms with Crippen LogP contribution in [0.4, 0.5) is 24.3 Å². The third-order valence-corrected chi connectivity index (χ3v) is 7.33. The summed E-state index contributed by atoms with van der Waals surface area (Å²) in [5, 5.41) is 11.3. The Hall–Kier alpha value is -3.94. The summed E-state index contributed by atoms with van der Waals surface area (Å²) in [5.74, 6) is -2.49. The van der Waals surface area contributed by atoms with Crippen LogP contribution in [0, 0.1) is 21.7 Å². The summed E-state index contributed by atoms with van der Waals surface area (Å²) in [6.45, 7) is 3.73. The smallest absolute Gasteiger partial charge is 0.415 e. The van der Waals surface area contributed by atoms with E-state index in [1.54, 1.807) is 21.0 Å². The molecule has 2 aromatic carbocycles. The Morgan fingerprint density at radius 3 is 2.17 bits per heavy atom. The van der Waals surface area contributed by atoms with Crippen molar-refractivity contribution in [3.05, 3.63) is 80.9 Å². The topological polar surface area (TPSA) is 111 Å². The molecule has 0 N–H and O–H groups in total. The van der Waals surface area contributed by atoms with E-state index in [-0.39, 0.29) is 41.6 Å². The maximum atomic E-state index is 14.7. The van der Waals surface area contributed by atoms with Gasteiger partial charge < -0.3 is 14.2 Å². The predicted octanol–water partition coefficient (Wildman–Crippen LogP) is 6.02. The number of carbonyl (C=O) groups is 2. The Bertz CT molecular complexity index is 1360. The molecule has 1 amide bonds. The van der Waals surface area contributed by atoms with Crippen LogP contribution in [0.15, 0.2) is 42.5 Å². The van der Waals surface area contributed by atoms with Crippen LogP contribution in [0.5, 0.6) is 0 Å². The normalized spacial score (nSPS) is 11.0. The van der Waals surface area contributed by atoms with E-state index < -0.39 is 35.2 Å². The Balaban J connectivity index is 2.30. The molecule has 0 fully saturated rings. The zero-order chi connectivity index (χ0) is 30.1. The van der Waals surface area contributed by atoms with Crippen LogP contribution in [0.25, 0.3) is 10.4 Å². The van der Waals surface area contributed by atoms with Gasteiger partial charge in [0.1, 0.15) is 16.6 Å². The van der Waals surface area contributed by atoms with E-state index >= 15 is 0 Å². The first-order valence-corrected chi connectivity index (χ1v) is 13.6. The number of likely N-dealkylation sites (N-methyl/N-ethyl adjacent to an activating group) is 1. The number of hydrogen-bond donors (Lipinski definition) is 0. The summed E-state index contributed by atoms with van der Waals surface area (Å²) in [6.07, 6.45) is -0.920. The average molecular weight is 592 g/mol. The second-order valence-corrected chi connectivity index (χ2v) is 9.83. The number of ether oxygens (including phenoxy) is 3. The van der Waals surface area contributed by atoms with E-state index in [0.29, 0.717) is 29.2 Å². The number of amides is 1. The second kappa shape index (κ2) is 14.6. The number of nitro benzene ring substituents is 1. The number of rotatable bonds is 13. The van der Waals surface area contributed by atoms with Crippen LogP contribution in [-0.2, 0) is 27.3 Å². The molecular weight excluding hydrogens is 560 g/mol. The lowest BCUT2D eigenvalue weighted by Gasteiger charge is -2.23. The molecule has 3 rings (SSSR count). The summed E-state index contributed by atoms with van der Waals surface area (Å²) in [6, 6.07) is 9.07. The molecule has 0 spiro atoms. The number of nitro groups is 1. The molecular formula is C28H31F2N3O7S. The van der Waals surface area contributed by atoms with Crippen molar-refractivity contribution in [3.63, 3.8) is 0 Å². The van der Waals surface area contributed by atoms with E-state index in [4.69, 9.17) is 14.2 Å². The van der Waals surface area contributed by atoms with Crippen LogP contribution in [0.3, 0.4) is 0 Å². The minimum atomic E-state index is -0.920. The first-order chi connectivity index (χ1) is 19.6. The molecule has 13 heteroatoms. The molecule has 0 bridgehead atoms. The van der Waals surface area contributed by atoms with Gasteiger partial charge in [-0.05, 0) is 50.7 Å². The molecule has 0 atom stereocenters. The van der Waals surface area contributed by atoms with Gasteiger partial charge in [0, 0.05) is 48.3 Å². The number of benzene rings is 2. The Labute approximate surface area is 240 Å². The van der Waals surface area contributed by atoms with Crippen LogP contribution in [0.1, 0.15) is 35.3 Å². The largest absolute Gasteiger partial charge is 0.462 e. The lowest BCUT2D eigenvalue weighted by molar-refractivity contribution is -0.384.